The van der Waals surface area contributed by atoms with E-state index >= 15 is 0 Å². The number of benzene rings is 9. The van der Waals surface area contributed by atoms with Crippen LogP contribution < -0.4 is 9.80 Å². The molecule has 11 aromatic rings. The first-order valence-electron chi connectivity index (χ1n) is 19.6. The number of rotatable bonds is 8. The lowest BCUT2D eigenvalue weighted by Crippen LogP contribution is -2.10. The predicted molar refractivity (Wildman–Crippen MR) is 241 cm³/mol. The number of anilines is 6. The van der Waals surface area contributed by atoms with Crippen molar-refractivity contribution in [3.63, 3.8) is 0 Å². The van der Waals surface area contributed by atoms with Gasteiger partial charge in [0.15, 0.2) is 0 Å². The molecular formula is C54H36N2O2. The number of para-hydroxylation sites is 4. The van der Waals surface area contributed by atoms with Crippen LogP contribution in [0.5, 0.6) is 0 Å². The Morgan fingerprint density at radius 2 is 0.690 bits per heavy atom. The summed E-state index contributed by atoms with van der Waals surface area (Å²) in [6.45, 7) is 0. The van der Waals surface area contributed by atoms with Gasteiger partial charge < -0.3 is 18.6 Å². The second-order valence-electron chi connectivity index (χ2n) is 14.5. The highest BCUT2D eigenvalue weighted by molar-refractivity contribution is 6.14. The van der Waals surface area contributed by atoms with Crippen LogP contribution in [0.2, 0.25) is 0 Å². The molecule has 0 unspecified atom stereocenters. The van der Waals surface area contributed by atoms with Crippen LogP contribution >= 0.6 is 0 Å². The van der Waals surface area contributed by atoms with E-state index in [2.05, 4.69) is 204 Å². The topological polar surface area (TPSA) is 32.8 Å². The molecule has 0 saturated heterocycles. The largest absolute Gasteiger partial charge is 0.456 e. The quantitative estimate of drug-likeness (QED) is 0.155. The average molecular weight is 745 g/mol. The van der Waals surface area contributed by atoms with E-state index < -0.39 is 0 Å². The molecule has 4 heteroatoms. The number of nitrogens with zero attached hydrogens (tertiary/aromatic N) is 2. The van der Waals surface area contributed by atoms with Crippen LogP contribution in [0.4, 0.5) is 34.1 Å². The summed E-state index contributed by atoms with van der Waals surface area (Å²) < 4.78 is 12.7. The lowest BCUT2D eigenvalue weighted by Gasteiger charge is -2.28. The van der Waals surface area contributed by atoms with E-state index in [0.717, 1.165) is 100 Å². The Morgan fingerprint density at radius 3 is 1.24 bits per heavy atom. The molecule has 274 valence electrons. The minimum Gasteiger partial charge on any atom is -0.456 e. The van der Waals surface area contributed by atoms with Gasteiger partial charge in [-0.3, -0.25) is 0 Å². The second-order valence-corrected chi connectivity index (χ2v) is 14.5. The van der Waals surface area contributed by atoms with E-state index in [1.165, 1.54) is 0 Å². The molecule has 11 rings (SSSR count). The fraction of sp³-hybridized carbons (Fsp3) is 0. The Balaban J connectivity index is 1.06. The van der Waals surface area contributed by atoms with Crippen LogP contribution in [0.15, 0.2) is 227 Å². The summed E-state index contributed by atoms with van der Waals surface area (Å²) in [6.07, 6.45) is 0. The van der Waals surface area contributed by atoms with Crippen molar-refractivity contribution in [2.45, 2.75) is 0 Å². The summed E-state index contributed by atoms with van der Waals surface area (Å²) in [5.74, 6) is 0. The molecule has 0 fully saturated rings. The van der Waals surface area contributed by atoms with Gasteiger partial charge in [-0.1, -0.05) is 133 Å². The van der Waals surface area contributed by atoms with E-state index in [4.69, 9.17) is 8.83 Å². The first-order valence-corrected chi connectivity index (χ1v) is 19.6. The summed E-state index contributed by atoms with van der Waals surface area (Å²) in [6, 6.07) is 76.8. The summed E-state index contributed by atoms with van der Waals surface area (Å²) in [5.41, 5.74) is 14.4. The average Bonchev–Trinajstić information content (AvgIpc) is 3.87. The standard InChI is InChI=1S/C54H36N2O2/c1-4-16-37(17-5-1)46-36-42(56(40-20-8-3-9-21-40)48-25-15-29-52-54(48)45-23-11-13-27-50(45)58-52)34-35-43(46)38-30-32-41(33-31-38)55(39-18-6-2-7-19-39)47-24-14-28-51-53(47)44-22-10-12-26-49(44)57-51/h1-36H. The lowest BCUT2D eigenvalue weighted by molar-refractivity contribution is 0.668. The molecular weight excluding hydrogens is 709 g/mol. The Kier molecular flexibility index (Phi) is 8.11. The summed E-state index contributed by atoms with van der Waals surface area (Å²) in [7, 11) is 0. The van der Waals surface area contributed by atoms with E-state index in [1.807, 2.05) is 24.3 Å². The Bertz CT molecular complexity index is 3220. The SMILES string of the molecule is c1ccc(-c2cc(N(c3ccccc3)c3cccc4oc5ccccc5c34)ccc2-c2ccc(N(c3ccccc3)c3cccc4oc5ccccc5c34)cc2)cc1. The third-order valence-corrected chi connectivity index (χ3v) is 11.1. The molecule has 2 heterocycles. The van der Waals surface area contributed by atoms with Crippen LogP contribution in [0.1, 0.15) is 0 Å². The summed E-state index contributed by atoms with van der Waals surface area (Å²) in [4.78, 5) is 4.68. The van der Waals surface area contributed by atoms with Gasteiger partial charge in [-0.05, 0) is 107 Å². The summed E-state index contributed by atoms with van der Waals surface area (Å²) in [5, 5.41) is 4.37. The van der Waals surface area contributed by atoms with Crippen molar-refractivity contribution in [2.24, 2.45) is 0 Å². The van der Waals surface area contributed by atoms with Crippen molar-refractivity contribution in [1.29, 1.82) is 0 Å². The number of hydrogen-bond acceptors (Lipinski definition) is 4. The molecule has 0 spiro atoms. The molecule has 9 aromatic carbocycles. The Labute approximate surface area is 336 Å². The van der Waals surface area contributed by atoms with Crippen LogP contribution in [0.3, 0.4) is 0 Å². The molecule has 2 aromatic heterocycles. The maximum Gasteiger partial charge on any atom is 0.137 e. The van der Waals surface area contributed by atoms with Gasteiger partial charge >= 0.3 is 0 Å². The lowest BCUT2D eigenvalue weighted by atomic mass is 9.93. The molecule has 0 saturated carbocycles. The molecule has 58 heavy (non-hydrogen) atoms. The maximum absolute atomic E-state index is 6.37. The third-order valence-electron chi connectivity index (χ3n) is 11.1. The number of hydrogen-bond donors (Lipinski definition) is 0. The van der Waals surface area contributed by atoms with Gasteiger partial charge in [-0.2, -0.15) is 0 Å². The smallest absolute Gasteiger partial charge is 0.137 e. The number of fused-ring (bicyclic) bond motifs is 6. The highest BCUT2D eigenvalue weighted by Crippen LogP contribution is 2.46. The maximum atomic E-state index is 6.37. The van der Waals surface area contributed by atoms with Gasteiger partial charge in [0.2, 0.25) is 0 Å². The van der Waals surface area contributed by atoms with E-state index in [9.17, 15) is 0 Å². The molecule has 0 aliphatic rings. The van der Waals surface area contributed by atoms with Crippen LogP contribution in [0, 0.1) is 0 Å². The van der Waals surface area contributed by atoms with Crippen molar-refractivity contribution in [2.75, 3.05) is 9.80 Å². The molecule has 0 atom stereocenters. The summed E-state index contributed by atoms with van der Waals surface area (Å²) >= 11 is 0. The fourth-order valence-corrected chi connectivity index (χ4v) is 8.46. The highest BCUT2D eigenvalue weighted by Gasteiger charge is 2.22. The fourth-order valence-electron chi connectivity index (χ4n) is 8.46. The van der Waals surface area contributed by atoms with Crippen molar-refractivity contribution in [3.05, 3.63) is 218 Å². The van der Waals surface area contributed by atoms with Crippen molar-refractivity contribution in [3.8, 4) is 22.3 Å². The van der Waals surface area contributed by atoms with E-state index in [-0.39, 0.29) is 0 Å². The molecule has 0 amide bonds. The minimum absolute atomic E-state index is 0.862. The Hall–Kier alpha value is -7.82. The van der Waals surface area contributed by atoms with Gasteiger partial charge in [0.1, 0.15) is 22.3 Å². The zero-order valence-electron chi connectivity index (χ0n) is 31.5. The third kappa shape index (κ3) is 5.70. The zero-order chi connectivity index (χ0) is 38.4. The van der Waals surface area contributed by atoms with Crippen molar-refractivity contribution < 1.29 is 8.83 Å². The normalized spacial score (nSPS) is 11.4. The molecule has 0 bridgehead atoms. The molecule has 4 nitrogen and oxygen atoms in total. The van der Waals surface area contributed by atoms with Gasteiger partial charge in [-0.15, -0.1) is 0 Å². The Morgan fingerprint density at radius 1 is 0.276 bits per heavy atom. The first kappa shape index (κ1) is 33.5. The highest BCUT2D eigenvalue weighted by atomic mass is 16.3. The van der Waals surface area contributed by atoms with Crippen molar-refractivity contribution >= 4 is 78.0 Å². The number of furan rings is 2. The van der Waals surface area contributed by atoms with E-state index in [0.29, 0.717) is 0 Å². The second kappa shape index (κ2) is 14.0. The van der Waals surface area contributed by atoms with Gasteiger partial charge in [0, 0.05) is 33.5 Å². The molecule has 0 radical (unpaired) electrons. The van der Waals surface area contributed by atoms with Crippen LogP contribution in [-0.4, -0.2) is 0 Å². The minimum atomic E-state index is 0.862. The van der Waals surface area contributed by atoms with Crippen LogP contribution in [-0.2, 0) is 0 Å². The molecule has 0 aliphatic carbocycles. The van der Waals surface area contributed by atoms with Crippen molar-refractivity contribution in [1.82, 2.24) is 0 Å². The molecule has 0 aliphatic heterocycles. The first-order chi connectivity index (χ1) is 28.8. The monoisotopic (exact) mass is 744 g/mol. The van der Waals surface area contributed by atoms with E-state index in [1.54, 1.807) is 0 Å². The van der Waals surface area contributed by atoms with Gasteiger partial charge in [-0.25, -0.2) is 0 Å². The predicted octanol–water partition coefficient (Wildman–Crippen LogP) is 15.8. The van der Waals surface area contributed by atoms with Gasteiger partial charge in [0.05, 0.1) is 22.1 Å². The molecule has 0 N–H and O–H groups in total. The van der Waals surface area contributed by atoms with Crippen LogP contribution in [0.25, 0.3) is 66.1 Å². The van der Waals surface area contributed by atoms with Gasteiger partial charge in [0.25, 0.3) is 0 Å². The zero-order valence-corrected chi connectivity index (χ0v) is 31.5.